The summed E-state index contributed by atoms with van der Waals surface area (Å²) in [5, 5.41) is 25.9. The minimum atomic E-state index is -1.60. The number of carboxylic acids is 2. The maximum atomic E-state index is 13.1. The highest BCUT2D eigenvalue weighted by Gasteiger charge is 2.32. The van der Waals surface area contributed by atoms with Gasteiger partial charge in [0.05, 0.1) is 12.5 Å². The summed E-state index contributed by atoms with van der Waals surface area (Å²) in [7, 11) is 0. The van der Waals surface area contributed by atoms with Crippen LogP contribution >= 0.6 is 0 Å². The number of amides is 4. The number of rotatable bonds is 16. The lowest BCUT2D eigenvalue weighted by molar-refractivity contribution is -0.144. The molecule has 0 saturated heterocycles. The molecule has 9 N–H and O–H groups in total. The number of hydrogen-bond acceptors (Lipinski definition) is 7. The molecule has 0 saturated carbocycles. The van der Waals surface area contributed by atoms with E-state index in [9.17, 15) is 39.0 Å². The van der Waals surface area contributed by atoms with E-state index in [4.69, 9.17) is 11.5 Å². The van der Waals surface area contributed by atoms with Gasteiger partial charge in [0, 0.05) is 12.8 Å². The third kappa shape index (κ3) is 11.1. The van der Waals surface area contributed by atoms with E-state index in [1.807, 2.05) is 0 Å². The predicted octanol–water partition coefficient (Wildman–Crippen LogP) is -1.12. The summed E-state index contributed by atoms with van der Waals surface area (Å²) in [6.07, 6.45) is -0.685. The molecule has 0 heterocycles. The van der Waals surface area contributed by atoms with Crippen LogP contribution in [-0.2, 0) is 35.2 Å². The molecule has 1 aromatic carbocycles. The summed E-state index contributed by atoms with van der Waals surface area (Å²) in [4.78, 5) is 72.5. The van der Waals surface area contributed by atoms with Gasteiger partial charge in [0.1, 0.15) is 18.1 Å². The van der Waals surface area contributed by atoms with E-state index in [0.717, 1.165) is 0 Å². The van der Waals surface area contributed by atoms with Gasteiger partial charge in [-0.3, -0.25) is 24.0 Å². The van der Waals surface area contributed by atoms with Gasteiger partial charge in [-0.15, -0.1) is 0 Å². The molecule has 0 bridgehead atoms. The monoisotopic (exact) mass is 521 g/mol. The molecule has 13 heteroatoms. The highest BCUT2D eigenvalue weighted by atomic mass is 16.4. The molecule has 0 aliphatic heterocycles. The Hall–Kier alpha value is -4.00. The molecule has 0 fully saturated rings. The lowest BCUT2D eigenvalue weighted by Crippen LogP contribution is -2.58. The standard InChI is InChI=1S/C24H35N5O8/c1-3-13(2)20(24(36)37)29-23(35)16(11-14-7-5-4-6-8-14)28-22(34)17(12-19(31)32)27-21(33)15(25)9-10-18(26)30/h4-8,13,15-17,20H,3,9-12,25H2,1-2H3,(H2,26,30)(H,27,33)(H,28,34)(H,29,35)(H,31,32)(H,36,37). The number of carboxylic acid groups (broad SMARTS) is 2. The number of nitrogens with two attached hydrogens (primary N) is 2. The third-order valence-corrected chi connectivity index (χ3v) is 5.74. The largest absolute Gasteiger partial charge is 0.481 e. The maximum absolute atomic E-state index is 13.1. The zero-order valence-electron chi connectivity index (χ0n) is 20.8. The Morgan fingerprint density at radius 2 is 1.46 bits per heavy atom. The van der Waals surface area contributed by atoms with Crippen LogP contribution in [0, 0.1) is 5.92 Å². The minimum absolute atomic E-state index is 0.0306. The summed E-state index contributed by atoms with van der Waals surface area (Å²) >= 11 is 0. The van der Waals surface area contributed by atoms with Gasteiger partial charge >= 0.3 is 11.9 Å². The zero-order valence-corrected chi connectivity index (χ0v) is 20.8. The first-order valence-corrected chi connectivity index (χ1v) is 11.8. The Labute approximate surface area is 214 Å². The summed E-state index contributed by atoms with van der Waals surface area (Å²) in [5.74, 6) is -6.39. The van der Waals surface area contributed by atoms with E-state index in [1.165, 1.54) is 0 Å². The molecule has 5 atom stereocenters. The van der Waals surface area contributed by atoms with Gasteiger partial charge in [0.2, 0.25) is 23.6 Å². The smallest absolute Gasteiger partial charge is 0.326 e. The van der Waals surface area contributed by atoms with Crippen LogP contribution in [0.1, 0.15) is 45.1 Å². The Balaban J connectivity index is 3.13. The van der Waals surface area contributed by atoms with Crippen molar-refractivity contribution < 1.29 is 39.0 Å². The van der Waals surface area contributed by atoms with Crippen molar-refractivity contribution in [3.8, 4) is 0 Å². The lowest BCUT2D eigenvalue weighted by Gasteiger charge is -2.26. The molecule has 37 heavy (non-hydrogen) atoms. The molecule has 4 amide bonds. The first kappa shape index (κ1) is 31.0. The van der Waals surface area contributed by atoms with E-state index in [1.54, 1.807) is 44.2 Å². The quantitative estimate of drug-likeness (QED) is 0.139. The number of nitrogens with one attached hydrogen (secondary N) is 3. The average Bonchev–Trinajstić information content (AvgIpc) is 2.84. The summed E-state index contributed by atoms with van der Waals surface area (Å²) in [5.41, 5.74) is 11.4. The second-order valence-electron chi connectivity index (χ2n) is 8.73. The van der Waals surface area contributed by atoms with Gasteiger partial charge < -0.3 is 37.6 Å². The Kier molecular flexibility index (Phi) is 12.7. The van der Waals surface area contributed by atoms with Gasteiger partial charge in [-0.1, -0.05) is 50.6 Å². The van der Waals surface area contributed by atoms with E-state index in [2.05, 4.69) is 16.0 Å². The van der Waals surface area contributed by atoms with Crippen molar-refractivity contribution in [2.45, 2.75) is 70.1 Å². The van der Waals surface area contributed by atoms with Gasteiger partial charge in [0.25, 0.3) is 0 Å². The number of carbonyl (C=O) groups excluding carboxylic acids is 4. The summed E-state index contributed by atoms with van der Waals surface area (Å²) in [6, 6.07) is 3.25. The Bertz CT molecular complexity index is 971. The third-order valence-electron chi connectivity index (χ3n) is 5.74. The Morgan fingerprint density at radius 1 is 0.892 bits per heavy atom. The number of primary amides is 1. The minimum Gasteiger partial charge on any atom is -0.481 e. The van der Waals surface area contributed by atoms with Gasteiger partial charge in [-0.05, 0) is 17.9 Å². The van der Waals surface area contributed by atoms with Crippen LogP contribution in [0.2, 0.25) is 0 Å². The topological polar surface area (TPSA) is 231 Å². The predicted molar refractivity (Wildman–Crippen MR) is 132 cm³/mol. The molecule has 0 spiro atoms. The van der Waals surface area contributed by atoms with Crippen LogP contribution in [0.4, 0.5) is 0 Å². The molecule has 1 rings (SSSR count). The maximum Gasteiger partial charge on any atom is 0.326 e. The fourth-order valence-corrected chi connectivity index (χ4v) is 3.36. The molecule has 0 radical (unpaired) electrons. The highest BCUT2D eigenvalue weighted by molar-refractivity contribution is 5.95. The zero-order chi connectivity index (χ0) is 28.1. The average molecular weight is 522 g/mol. The van der Waals surface area contributed by atoms with Crippen LogP contribution in [-0.4, -0.2) is 69.9 Å². The van der Waals surface area contributed by atoms with Crippen molar-refractivity contribution in [2.75, 3.05) is 0 Å². The van der Waals surface area contributed by atoms with Crippen LogP contribution < -0.4 is 27.4 Å². The van der Waals surface area contributed by atoms with Gasteiger partial charge in [0.15, 0.2) is 0 Å². The number of aliphatic carboxylic acids is 2. The Morgan fingerprint density at radius 3 is 1.97 bits per heavy atom. The number of benzene rings is 1. The summed E-state index contributed by atoms with van der Waals surface area (Å²) < 4.78 is 0. The molecule has 0 aliphatic carbocycles. The van der Waals surface area contributed by atoms with Crippen LogP contribution in [0.3, 0.4) is 0 Å². The SMILES string of the molecule is CCC(C)C(NC(=O)C(Cc1ccccc1)NC(=O)C(CC(=O)O)NC(=O)C(N)CCC(N)=O)C(=O)O. The van der Waals surface area contributed by atoms with Crippen molar-refractivity contribution >= 4 is 35.6 Å². The van der Waals surface area contributed by atoms with Crippen molar-refractivity contribution in [1.82, 2.24) is 16.0 Å². The molecular formula is C24H35N5O8. The molecule has 1 aromatic rings. The van der Waals surface area contributed by atoms with Crippen molar-refractivity contribution in [3.05, 3.63) is 35.9 Å². The van der Waals surface area contributed by atoms with Gasteiger partial charge in [-0.2, -0.15) is 0 Å². The summed E-state index contributed by atoms with van der Waals surface area (Å²) in [6.45, 7) is 3.42. The van der Waals surface area contributed by atoms with E-state index < -0.39 is 72.1 Å². The van der Waals surface area contributed by atoms with Crippen molar-refractivity contribution in [3.63, 3.8) is 0 Å². The lowest BCUT2D eigenvalue weighted by atomic mass is 9.98. The van der Waals surface area contributed by atoms with E-state index in [0.29, 0.717) is 12.0 Å². The molecule has 0 aliphatic rings. The second kappa shape index (κ2) is 15.2. The first-order chi connectivity index (χ1) is 17.3. The molecule has 5 unspecified atom stereocenters. The van der Waals surface area contributed by atoms with Crippen LogP contribution in [0.25, 0.3) is 0 Å². The number of hydrogen-bond donors (Lipinski definition) is 7. The fourth-order valence-electron chi connectivity index (χ4n) is 3.36. The molecule has 13 nitrogen and oxygen atoms in total. The number of carbonyl (C=O) groups is 6. The normalized spacial score (nSPS) is 14.8. The van der Waals surface area contributed by atoms with Crippen LogP contribution in [0.15, 0.2) is 30.3 Å². The second-order valence-corrected chi connectivity index (χ2v) is 8.73. The van der Waals surface area contributed by atoms with Crippen LogP contribution in [0.5, 0.6) is 0 Å². The highest BCUT2D eigenvalue weighted by Crippen LogP contribution is 2.10. The fraction of sp³-hybridized carbons (Fsp3) is 0.500. The van der Waals surface area contributed by atoms with E-state index in [-0.39, 0.29) is 19.3 Å². The molecular weight excluding hydrogens is 486 g/mol. The van der Waals surface area contributed by atoms with Crippen molar-refractivity contribution in [2.24, 2.45) is 17.4 Å². The molecule has 0 aromatic heterocycles. The van der Waals surface area contributed by atoms with Crippen molar-refractivity contribution in [1.29, 1.82) is 0 Å². The first-order valence-electron chi connectivity index (χ1n) is 11.8. The molecule has 204 valence electrons. The van der Waals surface area contributed by atoms with E-state index >= 15 is 0 Å². The van der Waals surface area contributed by atoms with Gasteiger partial charge in [-0.25, -0.2) is 4.79 Å².